The van der Waals surface area contributed by atoms with Gasteiger partial charge in [0, 0.05) is 52.0 Å². The Hall–Kier alpha value is -2.14. The zero-order valence-corrected chi connectivity index (χ0v) is 13.0. The number of nitrogens with zero attached hydrogens (tertiary/aromatic N) is 4. The molecule has 116 valence electrons. The normalized spacial score (nSPS) is 16.0. The Morgan fingerprint density at radius 2 is 1.82 bits per heavy atom. The fraction of sp³-hybridized carbons (Fsp3) is 0.412. The molecule has 22 heavy (non-hydrogen) atoms. The zero-order chi connectivity index (χ0) is 15.4. The second-order valence-electron chi connectivity index (χ2n) is 5.74. The Labute approximate surface area is 131 Å². The molecule has 0 spiro atoms. The molecule has 0 unspecified atom stereocenters. The van der Waals surface area contributed by atoms with Crippen LogP contribution >= 0.6 is 0 Å². The van der Waals surface area contributed by atoms with Crippen molar-refractivity contribution in [1.82, 2.24) is 19.4 Å². The van der Waals surface area contributed by atoms with Crippen LogP contribution in [-0.4, -0.2) is 51.4 Å². The molecule has 0 atom stereocenters. The van der Waals surface area contributed by atoms with E-state index in [1.165, 1.54) is 5.56 Å². The molecule has 3 rings (SSSR count). The number of carbonyl (C=O) groups is 1. The van der Waals surface area contributed by atoms with Crippen molar-refractivity contribution >= 4 is 5.91 Å². The SMILES string of the molecule is CC(=O)N1CCN(Cc2nccn2Cc2ccccc2)CC1. The molecule has 1 aromatic carbocycles. The standard InChI is InChI=1S/C17H22N4O/c1-15(22)20-11-9-19(10-12-20)14-17-18-7-8-21(17)13-16-5-3-2-4-6-16/h2-8H,9-14H2,1H3. The van der Waals surface area contributed by atoms with Crippen LogP contribution in [0.15, 0.2) is 42.7 Å². The summed E-state index contributed by atoms with van der Waals surface area (Å²) in [5, 5.41) is 0. The maximum absolute atomic E-state index is 11.4. The number of amides is 1. The molecule has 1 aliphatic rings. The third-order valence-corrected chi connectivity index (χ3v) is 4.18. The highest BCUT2D eigenvalue weighted by molar-refractivity contribution is 5.73. The molecule has 0 N–H and O–H groups in total. The van der Waals surface area contributed by atoms with E-state index in [0.717, 1.165) is 45.1 Å². The van der Waals surface area contributed by atoms with Gasteiger partial charge in [-0.15, -0.1) is 0 Å². The molecule has 2 heterocycles. The summed E-state index contributed by atoms with van der Waals surface area (Å²) >= 11 is 0. The third-order valence-electron chi connectivity index (χ3n) is 4.18. The maximum Gasteiger partial charge on any atom is 0.219 e. The molecule has 0 saturated carbocycles. The summed E-state index contributed by atoms with van der Waals surface area (Å²) in [7, 11) is 0. The maximum atomic E-state index is 11.4. The van der Waals surface area contributed by atoms with Crippen molar-refractivity contribution in [3.05, 3.63) is 54.1 Å². The van der Waals surface area contributed by atoms with Crippen molar-refractivity contribution in [3.63, 3.8) is 0 Å². The van der Waals surface area contributed by atoms with Crippen LogP contribution < -0.4 is 0 Å². The van der Waals surface area contributed by atoms with Gasteiger partial charge in [0.1, 0.15) is 5.82 Å². The Morgan fingerprint density at radius 3 is 2.50 bits per heavy atom. The number of rotatable bonds is 4. The van der Waals surface area contributed by atoms with Crippen LogP contribution in [0.5, 0.6) is 0 Å². The third kappa shape index (κ3) is 3.54. The first kappa shape index (κ1) is 14.8. The number of aromatic nitrogens is 2. The molecule has 2 aromatic rings. The molecule has 1 aliphatic heterocycles. The van der Waals surface area contributed by atoms with Gasteiger partial charge in [0.2, 0.25) is 5.91 Å². The van der Waals surface area contributed by atoms with Gasteiger partial charge in [0.25, 0.3) is 0 Å². The van der Waals surface area contributed by atoms with Crippen molar-refractivity contribution < 1.29 is 4.79 Å². The summed E-state index contributed by atoms with van der Waals surface area (Å²) in [6.45, 7) is 6.79. The number of hydrogen-bond donors (Lipinski definition) is 0. The molecular weight excluding hydrogens is 276 g/mol. The summed E-state index contributed by atoms with van der Waals surface area (Å²) in [6.07, 6.45) is 3.90. The van der Waals surface area contributed by atoms with Crippen LogP contribution in [0.2, 0.25) is 0 Å². The molecule has 1 aromatic heterocycles. The van der Waals surface area contributed by atoms with E-state index in [2.05, 4.69) is 38.7 Å². The van der Waals surface area contributed by atoms with Crippen LogP contribution in [0.3, 0.4) is 0 Å². The quantitative estimate of drug-likeness (QED) is 0.861. The van der Waals surface area contributed by atoms with Gasteiger partial charge in [-0.05, 0) is 5.56 Å². The highest BCUT2D eigenvalue weighted by Gasteiger charge is 2.19. The van der Waals surface area contributed by atoms with Gasteiger partial charge in [-0.25, -0.2) is 4.98 Å². The Bertz CT molecular complexity index is 615. The van der Waals surface area contributed by atoms with E-state index in [1.54, 1.807) is 6.92 Å². The van der Waals surface area contributed by atoms with Crippen molar-refractivity contribution in [2.75, 3.05) is 26.2 Å². The molecule has 5 heteroatoms. The van der Waals surface area contributed by atoms with E-state index in [0.29, 0.717) is 0 Å². The Morgan fingerprint density at radius 1 is 1.09 bits per heavy atom. The van der Waals surface area contributed by atoms with Gasteiger partial charge in [0.05, 0.1) is 6.54 Å². The first-order valence-electron chi connectivity index (χ1n) is 7.74. The predicted octanol–water partition coefficient (Wildman–Crippen LogP) is 1.60. The Balaban J connectivity index is 1.60. The first-order chi connectivity index (χ1) is 10.7. The average Bonchev–Trinajstić information content (AvgIpc) is 2.96. The average molecular weight is 298 g/mol. The van der Waals surface area contributed by atoms with Gasteiger partial charge in [-0.3, -0.25) is 9.69 Å². The lowest BCUT2D eigenvalue weighted by molar-refractivity contribution is -0.130. The fourth-order valence-electron chi connectivity index (χ4n) is 2.84. The lowest BCUT2D eigenvalue weighted by Crippen LogP contribution is -2.47. The lowest BCUT2D eigenvalue weighted by Gasteiger charge is -2.34. The Kier molecular flexibility index (Phi) is 4.53. The van der Waals surface area contributed by atoms with Crippen LogP contribution in [0.1, 0.15) is 18.3 Å². The number of imidazole rings is 1. The summed E-state index contributed by atoms with van der Waals surface area (Å²) in [4.78, 5) is 20.1. The second-order valence-corrected chi connectivity index (χ2v) is 5.74. The van der Waals surface area contributed by atoms with E-state index in [-0.39, 0.29) is 5.91 Å². The molecular formula is C17H22N4O. The van der Waals surface area contributed by atoms with Crippen molar-refractivity contribution in [2.24, 2.45) is 0 Å². The van der Waals surface area contributed by atoms with Crippen molar-refractivity contribution in [3.8, 4) is 0 Å². The largest absolute Gasteiger partial charge is 0.340 e. The summed E-state index contributed by atoms with van der Waals surface area (Å²) in [5.74, 6) is 1.25. The fourth-order valence-corrected chi connectivity index (χ4v) is 2.84. The minimum Gasteiger partial charge on any atom is -0.340 e. The van der Waals surface area contributed by atoms with Gasteiger partial charge in [-0.2, -0.15) is 0 Å². The monoisotopic (exact) mass is 298 g/mol. The van der Waals surface area contributed by atoms with E-state index in [4.69, 9.17) is 0 Å². The van der Waals surface area contributed by atoms with Gasteiger partial charge >= 0.3 is 0 Å². The van der Waals surface area contributed by atoms with E-state index in [1.807, 2.05) is 23.4 Å². The molecule has 0 aliphatic carbocycles. The van der Waals surface area contributed by atoms with Crippen LogP contribution in [-0.2, 0) is 17.9 Å². The van der Waals surface area contributed by atoms with Crippen LogP contribution in [0.4, 0.5) is 0 Å². The van der Waals surface area contributed by atoms with Crippen molar-refractivity contribution in [2.45, 2.75) is 20.0 Å². The predicted molar refractivity (Wildman–Crippen MR) is 85.3 cm³/mol. The minimum atomic E-state index is 0.172. The molecule has 0 bridgehead atoms. The molecule has 1 saturated heterocycles. The number of piperazine rings is 1. The smallest absolute Gasteiger partial charge is 0.219 e. The van der Waals surface area contributed by atoms with Crippen molar-refractivity contribution in [1.29, 1.82) is 0 Å². The number of carbonyl (C=O) groups excluding carboxylic acids is 1. The summed E-state index contributed by atoms with van der Waals surface area (Å²) in [6, 6.07) is 10.4. The topological polar surface area (TPSA) is 41.4 Å². The highest BCUT2D eigenvalue weighted by atomic mass is 16.2. The van der Waals surface area contributed by atoms with E-state index >= 15 is 0 Å². The van der Waals surface area contributed by atoms with Gasteiger partial charge in [0.15, 0.2) is 0 Å². The minimum absolute atomic E-state index is 0.172. The number of benzene rings is 1. The molecule has 0 radical (unpaired) electrons. The highest BCUT2D eigenvalue weighted by Crippen LogP contribution is 2.10. The number of hydrogen-bond acceptors (Lipinski definition) is 3. The lowest BCUT2D eigenvalue weighted by atomic mass is 10.2. The van der Waals surface area contributed by atoms with E-state index < -0.39 is 0 Å². The zero-order valence-electron chi connectivity index (χ0n) is 13.0. The first-order valence-corrected chi connectivity index (χ1v) is 7.74. The van der Waals surface area contributed by atoms with Gasteiger partial charge < -0.3 is 9.47 Å². The molecule has 5 nitrogen and oxygen atoms in total. The molecule has 1 fully saturated rings. The summed E-state index contributed by atoms with van der Waals surface area (Å²) < 4.78 is 2.20. The van der Waals surface area contributed by atoms with Gasteiger partial charge in [-0.1, -0.05) is 30.3 Å². The van der Waals surface area contributed by atoms with E-state index in [9.17, 15) is 4.79 Å². The summed E-state index contributed by atoms with van der Waals surface area (Å²) in [5.41, 5.74) is 1.28. The second kappa shape index (κ2) is 6.75. The van der Waals surface area contributed by atoms with Crippen LogP contribution in [0.25, 0.3) is 0 Å². The van der Waals surface area contributed by atoms with Crippen LogP contribution in [0, 0.1) is 0 Å². The molecule has 1 amide bonds.